The van der Waals surface area contributed by atoms with E-state index in [1.165, 1.54) is 46.6 Å². The van der Waals surface area contributed by atoms with Crippen LogP contribution in [-0.2, 0) is 14.8 Å². The van der Waals surface area contributed by atoms with E-state index in [0.717, 1.165) is 4.34 Å². The maximum Gasteiger partial charge on any atom is 0.243 e. The van der Waals surface area contributed by atoms with Gasteiger partial charge in [-0.25, -0.2) is 8.42 Å². The number of nitrogens with one attached hydrogen (secondary N) is 1. The molecule has 3 rings (SSSR count). The molecule has 0 bridgehead atoms. The molecular formula is C16H20N4O4S3. The van der Waals surface area contributed by atoms with Crippen LogP contribution in [0.1, 0.15) is 12.8 Å². The molecule has 1 unspecified atom stereocenters. The van der Waals surface area contributed by atoms with Crippen LogP contribution in [0.3, 0.4) is 0 Å². The highest BCUT2D eigenvalue weighted by Gasteiger charge is 2.33. The number of ether oxygens (including phenoxy) is 1. The molecule has 0 radical (unpaired) electrons. The first kappa shape index (κ1) is 20.1. The molecule has 2 aromatic rings. The van der Waals surface area contributed by atoms with Gasteiger partial charge < -0.3 is 10.1 Å². The zero-order valence-corrected chi connectivity index (χ0v) is 17.4. The molecule has 8 nitrogen and oxygen atoms in total. The minimum atomic E-state index is -3.66. The smallest absolute Gasteiger partial charge is 0.243 e. The number of sulfonamides is 1. The SMILES string of the molecule is COc1ccc(S(=O)(=O)N2CCCC(C(=O)Nc3nnc(SC)s3)C2)cc1. The van der Waals surface area contributed by atoms with E-state index >= 15 is 0 Å². The standard InChI is InChI=1S/C16H20N4O4S3/c1-24-12-5-7-13(8-6-12)27(22,23)20-9-3-4-11(10-20)14(21)17-15-18-19-16(25-2)26-15/h5-8,11H,3-4,9-10H2,1-2H3,(H,17,18,21). The number of thioether (sulfide) groups is 1. The van der Waals surface area contributed by atoms with Crippen molar-refractivity contribution in [1.82, 2.24) is 14.5 Å². The minimum absolute atomic E-state index is 0.147. The van der Waals surface area contributed by atoms with Gasteiger partial charge in [-0.1, -0.05) is 23.1 Å². The molecule has 1 aromatic heterocycles. The fourth-order valence-corrected chi connectivity index (χ4v) is 5.52. The molecule has 0 spiro atoms. The number of carbonyl (C=O) groups is 1. The molecule has 2 heterocycles. The van der Waals surface area contributed by atoms with Gasteiger partial charge in [0, 0.05) is 13.1 Å². The Morgan fingerprint density at radius 2 is 2.07 bits per heavy atom. The molecule has 1 aliphatic rings. The summed E-state index contributed by atoms with van der Waals surface area (Å²) in [4.78, 5) is 12.7. The molecule has 1 aliphatic heterocycles. The number of anilines is 1. The lowest BCUT2D eigenvalue weighted by Crippen LogP contribution is -2.43. The number of rotatable bonds is 6. The van der Waals surface area contributed by atoms with Crippen molar-refractivity contribution in [2.45, 2.75) is 22.1 Å². The number of amides is 1. The van der Waals surface area contributed by atoms with Crippen LogP contribution in [0, 0.1) is 5.92 Å². The molecule has 1 aromatic carbocycles. The van der Waals surface area contributed by atoms with Gasteiger partial charge >= 0.3 is 0 Å². The van der Waals surface area contributed by atoms with Gasteiger partial charge in [-0.05, 0) is 43.4 Å². The van der Waals surface area contributed by atoms with Crippen molar-refractivity contribution >= 4 is 44.2 Å². The zero-order valence-electron chi connectivity index (χ0n) is 14.9. The Hall–Kier alpha value is -1.69. The number of methoxy groups -OCH3 is 1. The third-order valence-corrected chi connectivity index (χ3v) is 7.96. The van der Waals surface area contributed by atoms with Crippen LogP contribution >= 0.6 is 23.1 Å². The van der Waals surface area contributed by atoms with E-state index in [-0.39, 0.29) is 17.3 Å². The predicted octanol–water partition coefficient (Wildman–Crippen LogP) is 2.31. The Morgan fingerprint density at radius 1 is 1.33 bits per heavy atom. The lowest BCUT2D eigenvalue weighted by atomic mass is 9.99. The molecule has 11 heteroatoms. The fourth-order valence-electron chi connectivity index (χ4n) is 2.82. The molecular weight excluding hydrogens is 408 g/mol. The van der Waals surface area contributed by atoms with Crippen molar-refractivity contribution in [2.24, 2.45) is 5.92 Å². The van der Waals surface area contributed by atoms with Crippen LogP contribution in [0.4, 0.5) is 5.13 Å². The van der Waals surface area contributed by atoms with Crippen molar-refractivity contribution in [1.29, 1.82) is 0 Å². The Bertz CT molecular complexity index is 899. The van der Waals surface area contributed by atoms with Crippen LogP contribution in [0.25, 0.3) is 0 Å². The Balaban J connectivity index is 1.69. The summed E-state index contributed by atoms with van der Waals surface area (Å²) in [6, 6.07) is 6.26. The van der Waals surface area contributed by atoms with Gasteiger partial charge in [-0.2, -0.15) is 4.31 Å². The van der Waals surface area contributed by atoms with Crippen molar-refractivity contribution in [3.8, 4) is 5.75 Å². The molecule has 0 saturated carbocycles. The van der Waals surface area contributed by atoms with Gasteiger partial charge in [-0.15, -0.1) is 10.2 Å². The number of nitrogens with zero attached hydrogens (tertiary/aromatic N) is 3. The Labute approximate surface area is 166 Å². The van der Waals surface area contributed by atoms with Gasteiger partial charge in [0.1, 0.15) is 5.75 Å². The zero-order chi connectivity index (χ0) is 19.4. The Morgan fingerprint density at radius 3 is 2.70 bits per heavy atom. The van der Waals surface area contributed by atoms with Gasteiger partial charge in [0.15, 0.2) is 4.34 Å². The molecule has 1 N–H and O–H groups in total. The summed E-state index contributed by atoms with van der Waals surface area (Å²) in [5, 5.41) is 11.0. The van der Waals surface area contributed by atoms with E-state index in [2.05, 4.69) is 15.5 Å². The van der Waals surface area contributed by atoms with Crippen LogP contribution in [0.5, 0.6) is 5.75 Å². The highest BCUT2D eigenvalue weighted by Crippen LogP contribution is 2.27. The molecule has 146 valence electrons. The second-order valence-corrected chi connectivity index (χ2v) is 9.91. The van der Waals surface area contributed by atoms with E-state index in [0.29, 0.717) is 30.3 Å². The number of hydrogen-bond donors (Lipinski definition) is 1. The molecule has 1 atom stereocenters. The maximum atomic E-state index is 12.9. The molecule has 27 heavy (non-hydrogen) atoms. The first-order valence-corrected chi connectivity index (χ1v) is 11.7. The number of aromatic nitrogens is 2. The average molecular weight is 429 g/mol. The van der Waals surface area contributed by atoms with Crippen LogP contribution in [0.15, 0.2) is 33.5 Å². The number of piperidine rings is 1. The topological polar surface area (TPSA) is 101 Å². The third-order valence-electron chi connectivity index (χ3n) is 4.26. The summed E-state index contributed by atoms with van der Waals surface area (Å²) < 4.78 is 33.0. The van der Waals surface area contributed by atoms with E-state index in [1.54, 1.807) is 12.1 Å². The first-order chi connectivity index (χ1) is 12.9. The third kappa shape index (κ3) is 4.60. The second-order valence-electron chi connectivity index (χ2n) is 5.94. The fraction of sp³-hybridized carbons (Fsp3) is 0.438. The van der Waals surface area contributed by atoms with E-state index in [4.69, 9.17) is 4.74 Å². The molecule has 0 aliphatic carbocycles. The van der Waals surface area contributed by atoms with Crippen molar-refractivity contribution < 1.29 is 17.9 Å². The lowest BCUT2D eigenvalue weighted by molar-refractivity contribution is -0.120. The quantitative estimate of drug-likeness (QED) is 0.556. The summed E-state index contributed by atoms with van der Waals surface area (Å²) in [5.74, 6) is -0.0617. The van der Waals surface area contributed by atoms with E-state index in [9.17, 15) is 13.2 Å². The van der Waals surface area contributed by atoms with Gasteiger partial charge in [0.2, 0.25) is 21.1 Å². The van der Waals surface area contributed by atoms with Crippen LogP contribution in [0.2, 0.25) is 0 Å². The van der Waals surface area contributed by atoms with Crippen molar-refractivity contribution in [3.05, 3.63) is 24.3 Å². The second kappa shape index (κ2) is 8.55. The highest BCUT2D eigenvalue weighted by molar-refractivity contribution is 8.00. The lowest BCUT2D eigenvalue weighted by Gasteiger charge is -2.31. The van der Waals surface area contributed by atoms with E-state index < -0.39 is 15.9 Å². The summed E-state index contributed by atoms with van der Waals surface area (Å²) in [7, 11) is -2.13. The molecule has 1 amide bonds. The minimum Gasteiger partial charge on any atom is -0.497 e. The monoisotopic (exact) mass is 428 g/mol. The highest BCUT2D eigenvalue weighted by atomic mass is 32.2. The molecule has 1 saturated heterocycles. The maximum absolute atomic E-state index is 12.9. The first-order valence-electron chi connectivity index (χ1n) is 8.26. The van der Waals surface area contributed by atoms with Gasteiger partial charge in [-0.3, -0.25) is 4.79 Å². The number of hydrogen-bond acceptors (Lipinski definition) is 8. The van der Waals surface area contributed by atoms with Crippen LogP contribution in [-0.4, -0.2) is 55.3 Å². The number of carbonyl (C=O) groups excluding carboxylic acids is 1. The van der Waals surface area contributed by atoms with Crippen molar-refractivity contribution in [2.75, 3.05) is 31.8 Å². The summed E-state index contributed by atoms with van der Waals surface area (Å²) in [6.45, 7) is 0.544. The normalized spacial score (nSPS) is 18.2. The summed E-state index contributed by atoms with van der Waals surface area (Å²) >= 11 is 2.75. The predicted molar refractivity (Wildman–Crippen MR) is 105 cm³/mol. The number of benzene rings is 1. The summed E-state index contributed by atoms with van der Waals surface area (Å²) in [6.07, 6.45) is 3.14. The Kier molecular flexibility index (Phi) is 6.35. The van der Waals surface area contributed by atoms with Gasteiger partial charge in [0.05, 0.1) is 17.9 Å². The van der Waals surface area contributed by atoms with Crippen molar-refractivity contribution in [3.63, 3.8) is 0 Å². The average Bonchev–Trinajstić information content (AvgIpc) is 3.15. The summed E-state index contributed by atoms with van der Waals surface area (Å²) in [5.41, 5.74) is 0. The van der Waals surface area contributed by atoms with Crippen LogP contribution < -0.4 is 10.1 Å². The largest absolute Gasteiger partial charge is 0.497 e. The molecule has 1 fully saturated rings. The van der Waals surface area contributed by atoms with Gasteiger partial charge in [0.25, 0.3) is 0 Å². The van der Waals surface area contributed by atoms with E-state index in [1.807, 2.05) is 6.26 Å².